The van der Waals surface area contributed by atoms with Crippen LogP contribution in [0.15, 0.2) is 11.6 Å². The van der Waals surface area contributed by atoms with Gasteiger partial charge in [0.1, 0.15) is 0 Å². The van der Waals surface area contributed by atoms with Crippen LogP contribution in [0, 0.1) is 5.41 Å². The summed E-state index contributed by atoms with van der Waals surface area (Å²) < 4.78 is 0. The molecule has 0 bridgehead atoms. The minimum atomic E-state index is 0.777. The van der Waals surface area contributed by atoms with Crippen molar-refractivity contribution in [2.24, 2.45) is 5.41 Å². The van der Waals surface area contributed by atoms with Gasteiger partial charge in [0.2, 0.25) is 0 Å². The summed E-state index contributed by atoms with van der Waals surface area (Å²) in [6.45, 7) is 6.30. The number of allylic oxidation sites excluding steroid dienone is 2. The zero-order valence-corrected chi connectivity index (χ0v) is 9.53. The predicted molar refractivity (Wildman–Crippen MR) is 59.9 cm³/mol. The van der Waals surface area contributed by atoms with E-state index in [-0.39, 0.29) is 0 Å². The van der Waals surface area contributed by atoms with Gasteiger partial charge in [-0.3, -0.25) is 0 Å². The molecule has 0 atom stereocenters. The first-order valence-electron chi connectivity index (χ1n) is 5.96. The highest BCUT2D eigenvalue weighted by molar-refractivity contribution is 5.08. The van der Waals surface area contributed by atoms with Crippen LogP contribution >= 0.6 is 0 Å². The topological polar surface area (TPSA) is 0 Å². The van der Waals surface area contributed by atoms with E-state index in [1.165, 1.54) is 44.9 Å². The molecule has 0 aromatic rings. The van der Waals surface area contributed by atoms with Gasteiger partial charge >= 0.3 is 0 Å². The number of hydrogen-bond acceptors (Lipinski definition) is 0. The number of hydrogen-bond donors (Lipinski definition) is 0. The third kappa shape index (κ3) is 2.59. The standard InChI is InChI=1S/C11H18.C2H6/c1-10-5-4-8-11(9-10)6-2-3-7-11;1-2/h5H,2-4,6-9H2,1H3;1-2H3. The lowest BCUT2D eigenvalue weighted by molar-refractivity contribution is 0.259. The molecule has 0 radical (unpaired) electrons. The molecule has 0 N–H and O–H groups in total. The quantitative estimate of drug-likeness (QED) is 0.474. The van der Waals surface area contributed by atoms with Crippen molar-refractivity contribution in [2.45, 2.75) is 65.7 Å². The highest BCUT2D eigenvalue weighted by atomic mass is 14.4. The van der Waals surface area contributed by atoms with Crippen LogP contribution in [0.2, 0.25) is 0 Å². The van der Waals surface area contributed by atoms with E-state index in [4.69, 9.17) is 0 Å². The van der Waals surface area contributed by atoms with Crippen LogP contribution in [0.4, 0.5) is 0 Å². The number of rotatable bonds is 0. The van der Waals surface area contributed by atoms with E-state index in [0.29, 0.717) is 0 Å². The molecule has 0 heteroatoms. The molecule has 0 saturated heterocycles. The van der Waals surface area contributed by atoms with Gasteiger partial charge in [-0.15, -0.1) is 0 Å². The fourth-order valence-corrected chi connectivity index (χ4v) is 2.93. The summed E-state index contributed by atoms with van der Waals surface area (Å²) in [5, 5.41) is 0. The Balaban J connectivity index is 0.000000396. The Hall–Kier alpha value is -0.260. The fourth-order valence-electron chi connectivity index (χ4n) is 2.93. The molecule has 2 aliphatic carbocycles. The zero-order valence-electron chi connectivity index (χ0n) is 9.53. The van der Waals surface area contributed by atoms with Gasteiger partial charge in [-0.2, -0.15) is 0 Å². The lowest BCUT2D eigenvalue weighted by atomic mass is 9.73. The third-order valence-electron chi connectivity index (χ3n) is 3.49. The average molecular weight is 180 g/mol. The minimum Gasteiger partial charge on any atom is -0.0856 e. The first-order valence-corrected chi connectivity index (χ1v) is 5.96. The van der Waals surface area contributed by atoms with Crippen LogP contribution in [0.3, 0.4) is 0 Å². The zero-order chi connectivity index (χ0) is 9.73. The minimum absolute atomic E-state index is 0.777. The summed E-state index contributed by atoms with van der Waals surface area (Å²) in [5.41, 5.74) is 2.43. The van der Waals surface area contributed by atoms with Gasteiger partial charge in [0.25, 0.3) is 0 Å². The Kier molecular flexibility index (Phi) is 4.02. The van der Waals surface area contributed by atoms with Crippen molar-refractivity contribution in [3.8, 4) is 0 Å². The fraction of sp³-hybridized carbons (Fsp3) is 0.846. The Morgan fingerprint density at radius 1 is 1.08 bits per heavy atom. The monoisotopic (exact) mass is 180 g/mol. The first kappa shape index (κ1) is 10.8. The summed E-state index contributed by atoms with van der Waals surface area (Å²) in [4.78, 5) is 0. The molecule has 0 nitrogen and oxygen atoms in total. The Morgan fingerprint density at radius 2 is 1.69 bits per heavy atom. The first-order chi connectivity index (χ1) is 6.31. The molecule has 0 aromatic carbocycles. The van der Waals surface area contributed by atoms with Crippen LogP contribution in [0.1, 0.15) is 65.7 Å². The molecule has 0 unspecified atom stereocenters. The van der Waals surface area contributed by atoms with Gasteiger partial charge in [-0.05, 0) is 44.4 Å². The molecule has 76 valence electrons. The molecule has 1 saturated carbocycles. The molecular formula is C13H24. The summed E-state index contributed by atoms with van der Waals surface area (Å²) in [6, 6.07) is 0. The highest BCUT2D eigenvalue weighted by Gasteiger charge is 2.34. The maximum atomic E-state index is 2.43. The SMILES string of the molecule is CC.CC1=CCCC2(CCCC2)C1. The van der Waals surface area contributed by atoms with Crippen LogP contribution in [-0.4, -0.2) is 0 Å². The van der Waals surface area contributed by atoms with Crippen molar-refractivity contribution >= 4 is 0 Å². The Morgan fingerprint density at radius 3 is 2.23 bits per heavy atom. The molecule has 1 spiro atoms. The molecule has 2 aliphatic rings. The van der Waals surface area contributed by atoms with E-state index < -0.39 is 0 Å². The third-order valence-corrected chi connectivity index (χ3v) is 3.49. The van der Waals surface area contributed by atoms with E-state index >= 15 is 0 Å². The van der Waals surface area contributed by atoms with E-state index in [1.807, 2.05) is 13.8 Å². The predicted octanol–water partition coefficient (Wildman–Crippen LogP) is 4.70. The maximum absolute atomic E-state index is 2.43. The lowest BCUT2D eigenvalue weighted by Gasteiger charge is -2.32. The van der Waals surface area contributed by atoms with Gasteiger partial charge in [-0.25, -0.2) is 0 Å². The van der Waals surface area contributed by atoms with Crippen molar-refractivity contribution in [2.75, 3.05) is 0 Å². The van der Waals surface area contributed by atoms with Gasteiger partial charge in [0, 0.05) is 0 Å². The second-order valence-electron chi connectivity index (χ2n) is 4.47. The molecule has 0 aliphatic heterocycles. The molecule has 0 heterocycles. The molecular weight excluding hydrogens is 156 g/mol. The summed E-state index contributed by atoms with van der Waals surface area (Å²) in [7, 11) is 0. The van der Waals surface area contributed by atoms with Gasteiger partial charge in [-0.1, -0.05) is 38.3 Å². The molecule has 0 aromatic heterocycles. The van der Waals surface area contributed by atoms with E-state index in [2.05, 4.69) is 13.0 Å². The molecule has 2 rings (SSSR count). The van der Waals surface area contributed by atoms with Crippen molar-refractivity contribution in [3.63, 3.8) is 0 Å². The van der Waals surface area contributed by atoms with Crippen molar-refractivity contribution in [3.05, 3.63) is 11.6 Å². The van der Waals surface area contributed by atoms with Crippen molar-refractivity contribution < 1.29 is 0 Å². The van der Waals surface area contributed by atoms with E-state index in [0.717, 1.165) is 5.41 Å². The summed E-state index contributed by atoms with van der Waals surface area (Å²) >= 11 is 0. The smallest absolute Gasteiger partial charge is 0.0257 e. The van der Waals surface area contributed by atoms with Gasteiger partial charge < -0.3 is 0 Å². The molecule has 1 fully saturated rings. The van der Waals surface area contributed by atoms with Crippen LogP contribution in [0.25, 0.3) is 0 Å². The Labute approximate surface area is 83.4 Å². The summed E-state index contributed by atoms with van der Waals surface area (Å²) in [6.07, 6.45) is 12.7. The Bertz CT molecular complexity index is 170. The van der Waals surface area contributed by atoms with Crippen LogP contribution in [-0.2, 0) is 0 Å². The van der Waals surface area contributed by atoms with Crippen LogP contribution in [0.5, 0.6) is 0 Å². The molecule has 0 amide bonds. The van der Waals surface area contributed by atoms with Crippen LogP contribution < -0.4 is 0 Å². The lowest BCUT2D eigenvalue weighted by Crippen LogP contribution is -2.19. The van der Waals surface area contributed by atoms with Gasteiger partial charge in [0.05, 0.1) is 0 Å². The average Bonchev–Trinajstić information content (AvgIpc) is 2.56. The largest absolute Gasteiger partial charge is 0.0856 e. The summed E-state index contributed by atoms with van der Waals surface area (Å²) in [5.74, 6) is 0. The van der Waals surface area contributed by atoms with Gasteiger partial charge in [0.15, 0.2) is 0 Å². The van der Waals surface area contributed by atoms with E-state index in [9.17, 15) is 0 Å². The second kappa shape index (κ2) is 4.83. The van der Waals surface area contributed by atoms with Crippen molar-refractivity contribution in [1.29, 1.82) is 0 Å². The van der Waals surface area contributed by atoms with Crippen molar-refractivity contribution in [1.82, 2.24) is 0 Å². The van der Waals surface area contributed by atoms with E-state index in [1.54, 1.807) is 5.57 Å². The maximum Gasteiger partial charge on any atom is -0.0257 e. The normalized spacial score (nSPS) is 25.0. The molecule has 13 heavy (non-hydrogen) atoms. The second-order valence-corrected chi connectivity index (χ2v) is 4.47. The highest BCUT2D eigenvalue weighted by Crippen LogP contribution is 2.48.